The van der Waals surface area contributed by atoms with Gasteiger partial charge in [0.2, 0.25) is 0 Å². The van der Waals surface area contributed by atoms with Crippen molar-refractivity contribution in [2.24, 2.45) is 0 Å². The fourth-order valence-electron chi connectivity index (χ4n) is 3.31. The maximum atomic E-state index is 11.8. The number of methoxy groups -OCH3 is 1. The Morgan fingerprint density at radius 2 is 1.15 bits per heavy atom. The van der Waals surface area contributed by atoms with E-state index in [-0.39, 0.29) is 12.2 Å². The molecule has 0 spiro atoms. The van der Waals surface area contributed by atoms with Crippen LogP contribution in [0.2, 0.25) is 0 Å². The lowest BCUT2D eigenvalue weighted by atomic mass is 9.92. The van der Waals surface area contributed by atoms with Crippen molar-refractivity contribution in [2.45, 2.75) is 89.6 Å². The number of aliphatic hydroxyl groups is 1. The van der Waals surface area contributed by atoms with Gasteiger partial charge in [0, 0.05) is 59.0 Å². The summed E-state index contributed by atoms with van der Waals surface area (Å²) in [7, 11) is 1.61. The fourth-order valence-corrected chi connectivity index (χ4v) is 3.31. The molecule has 2 fully saturated rings. The summed E-state index contributed by atoms with van der Waals surface area (Å²) in [6.45, 7) is 13.1. The molecule has 2 heterocycles. The zero-order valence-electron chi connectivity index (χ0n) is 21.2. The Hall–Kier alpha value is -2.42. The van der Waals surface area contributed by atoms with Gasteiger partial charge in [0.1, 0.15) is 22.4 Å². The highest BCUT2D eigenvalue weighted by Crippen LogP contribution is 2.26. The van der Waals surface area contributed by atoms with E-state index in [9.17, 15) is 14.7 Å². The van der Waals surface area contributed by atoms with E-state index >= 15 is 0 Å². The molecule has 0 saturated carbocycles. The number of likely N-dealkylation sites (tertiary alicyclic amines) is 2. The van der Waals surface area contributed by atoms with Gasteiger partial charge in [-0.15, -0.1) is 12.8 Å². The molecular formula is C25H40N2O6. The van der Waals surface area contributed by atoms with Crippen LogP contribution in [0.1, 0.15) is 67.2 Å². The van der Waals surface area contributed by atoms with Gasteiger partial charge in [-0.05, 0) is 41.5 Å². The number of hydrogen-bond donors (Lipinski definition) is 1. The van der Waals surface area contributed by atoms with E-state index in [0.717, 1.165) is 0 Å². The van der Waals surface area contributed by atoms with Crippen LogP contribution in [-0.2, 0) is 14.2 Å². The summed E-state index contributed by atoms with van der Waals surface area (Å²) in [5, 5.41) is 9.80. The first-order valence-corrected chi connectivity index (χ1v) is 11.3. The van der Waals surface area contributed by atoms with Crippen molar-refractivity contribution in [2.75, 3.05) is 33.3 Å². The molecule has 0 unspecified atom stereocenters. The third-order valence-corrected chi connectivity index (χ3v) is 5.39. The molecule has 0 atom stereocenters. The Kier molecular flexibility index (Phi) is 9.66. The molecule has 2 rings (SSSR count). The van der Waals surface area contributed by atoms with Crippen molar-refractivity contribution in [3.05, 3.63) is 0 Å². The van der Waals surface area contributed by atoms with Crippen LogP contribution < -0.4 is 0 Å². The summed E-state index contributed by atoms with van der Waals surface area (Å²) in [5.74, 6) is 5.04. The van der Waals surface area contributed by atoms with Crippen molar-refractivity contribution in [3.63, 3.8) is 0 Å². The van der Waals surface area contributed by atoms with E-state index in [2.05, 4.69) is 11.8 Å². The molecule has 0 bridgehead atoms. The molecule has 2 amide bonds. The highest BCUT2D eigenvalue weighted by atomic mass is 16.6. The van der Waals surface area contributed by atoms with Crippen molar-refractivity contribution < 1.29 is 28.9 Å². The monoisotopic (exact) mass is 464 g/mol. The van der Waals surface area contributed by atoms with Gasteiger partial charge in [-0.25, -0.2) is 9.59 Å². The summed E-state index contributed by atoms with van der Waals surface area (Å²) >= 11 is 0. The third kappa shape index (κ3) is 9.53. The van der Waals surface area contributed by atoms with Crippen molar-refractivity contribution in [1.29, 1.82) is 0 Å². The van der Waals surface area contributed by atoms with E-state index in [1.165, 1.54) is 0 Å². The number of ether oxygens (including phenoxy) is 3. The van der Waals surface area contributed by atoms with Crippen molar-refractivity contribution in [3.8, 4) is 24.7 Å². The first kappa shape index (κ1) is 28.6. The van der Waals surface area contributed by atoms with E-state index < -0.39 is 22.4 Å². The number of nitrogens with zero attached hydrogens (tertiary/aromatic N) is 2. The minimum absolute atomic E-state index is 0.278. The number of piperidine rings is 2. The fraction of sp³-hybridized carbons (Fsp3) is 0.760. The molecule has 2 aliphatic heterocycles. The van der Waals surface area contributed by atoms with Gasteiger partial charge >= 0.3 is 12.2 Å². The van der Waals surface area contributed by atoms with Gasteiger partial charge in [0.25, 0.3) is 0 Å². The summed E-state index contributed by atoms with van der Waals surface area (Å²) in [5.41, 5.74) is -2.52. The van der Waals surface area contributed by atoms with E-state index in [1.807, 2.05) is 41.5 Å². The second-order valence-electron chi connectivity index (χ2n) is 10.5. The average molecular weight is 465 g/mol. The molecule has 0 aromatic rings. The highest BCUT2D eigenvalue weighted by molar-refractivity contribution is 5.68. The molecule has 8 nitrogen and oxygen atoms in total. The largest absolute Gasteiger partial charge is 0.444 e. The maximum absolute atomic E-state index is 11.8. The first-order valence-electron chi connectivity index (χ1n) is 11.3. The quantitative estimate of drug-likeness (QED) is 0.598. The van der Waals surface area contributed by atoms with Crippen LogP contribution in [0.25, 0.3) is 0 Å². The highest BCUT2D eigenvalue weighted by Gasteiger charge is 2.36. The number of hydrogen-bond acceptors (Lipinski definition) is 6. The van der Waals surface area contributed by atoms with Crippen LogP contribution in [0.5, 0.6) is 0 Å². The Labute approximate surface area is 198 Å². The topological polar surface area (TPSA) is 88.5 Å². The number of carbonyl (C=O) groups is 2. The molecule has 0 aromatic carbocycles. The van der Waals surface area contributed by atoms with E-state index in [1.54, 1.807) is 16.9 Å². The number of terminal acetylenes is 2. The zero-order chi connectivity index (χ0) is 25.5. The SMILES string of the molecule is C#CC1(O)CCN(C(=O)OC(C)(C)C)CC1.C#CC1(OC)CCN(C(=O)OC(C)(C)C)CC1. The molecule has 33 heavy (non-hydrogen) atoms. The van der Waals surface area contributed by atoms with Gasteiger partial charge < -0.3 is 29.1 Å². The minimum Gasteiger partial charge on any atom is -0.444 e. The Morgan fingerprint density at radius 3 is 1.42 bits per heavy atom. The predicted octanol–water partition coefficient (Wildman–Crippen LogP) is 3.42. The lowest BCUT2D eigenvalue weighted by molar-refractivity contribution is -0.0251. The van der Waals surface area contributed by atoms with Crippen LogP contribution in [-0.4, -0.2) is 82.8 Å². The van der Waals surface area contributed by atoms with Crippen LogP contribution >= 0.6 is 0 Å². The lowest BCUT2D eigenvalue weighted by Gasteiger charge is -2.37. The molecule has 0 aromatic heterocycles. The first-order chi connectivity index (χ1) is 15.1. The van der Waals surface area contributed by atoms with Crippen molar-refractivity contribution in [1.82, 2.24) is 9.80 Å². The summed E-state index contributed by atoms with van der Waals surface area (Å²) < 4.78 is 15.9. The second-order valence-corrected chi connectivity index (χ2v) is 10.5. The van der Waals surface area contributed by atoms with Crippen molar-refractivity contribution >= 4 is 12.2 Å². The number of amides is 2. The normalized spacial score (nSPS) is 19.8. The van der Waals surface area contributed by atoms with Gasteiger partial charge in [-0.2, -0.15) is 0 Å². The lowest BCUT2D eigenvalue weighted by Crippen LogP contribution is -2.48. The maximum Gasteiger partial charge on any atom is 0.410 e. The van der Waals surface area contributed by atoms with E-state index in [4.69, 9.17) is 27.1 Å². The molecule has 0 radical (unpaired) electrons. The Morgan fingerprint density at radius 1 is 0.788 bits per heavy atom. The van der Waals surface area contributed by atoms with Gasteiger partial charge in [0.05, 0.1) is 0 Å². The van der Waals surface area contributed by atoms with Gasteiger partial charge in [-0.3, -0.25) is 0 Å². The molecule has 2 aliphatic rings. The molecule has 0 aliphatic carbocycles. The zero-order valence-corrected chi connectivity index (χ0v) is 21.2. The Bertz CT molecular complexity index is 750. The molecule has 8 heteroatoms. The van der Waals surface area contributed by atoms with Gasteiger partial charge in [0.15, 0.2) is 0 Å². The standard InChI is InChI=1S/C13H21NO3.C12H19NO3/c1-6-13(16-5)7-9-14(10-8-13)11(15)17-12(2,3)4;1-5-12(15)6-8-13(9-7-12)10(14)16-11(2,3)4/h1H,7-10H2,2-5H3;1,15H,6-9H2,2-4H3. The molecule has 1 N–H and O–H groups in total. The average Bonchev–Trinajstić information content (AvgIpc) is 2.72. The minimum atomic E-state index is -1.06. The van der Waals surface area contributed by atoms with Gasteiger partial charge in [-0.1, -0.05) is 11.8 Å². The molecular weight excluding hydrogens is 424 g/mol. The summed E-state index contributed by atoms with van der Waals surface area (Å²) in [4.78, 5) is 26.8. The van der Waals surface area contributed by atoms with Crippen LogP contribution in [0, 0.1) is 24.7 Å². The van der Waals surface area contributed by atoms with Crippen LogP contribution in [0.4, 0.5) is 9.59 Å². The molecule has 186 valence electrons. The Balaban J connectivity index is 0.000000331. The molecule has 2 saturated heterocycles. The summed E-state index contributed by atoms with van der Waals surface area (Å²) in [6.07, 6.45) is 12.2. The second kappa shape index (κ2) is 11.1. The van der Waals surface area contributed by atoms with Crippen LogP contribution in [0.3, 0.4) is 0 Å². The smallest absolute Gasteiger partial charge is 0.410 e. The predicted molar refractivity (Wildman–Crippen MR) is 126 cm³/mol. The number of rotatable bonds is 1. The van der Waals surface area contributed by atoms with Crippen LogP contribution in [0.15, 0.2) is 0 Å². The van der Waals surface area contributed by atoms with E-state index in [0.29, 0.717) is 51.9 Å². The third-order valence-electron chi connectivity index (χ3n) is 5.39. The number of carbonyl (C=O) groups excluding carboxylic acids is 2. The summed E-state index contributed by atoms with van der Waals surface area (Å²) in [6, 6.07) is 0.